The lowest BCUT2D eigenvalue weighted by atomic mass is 10.5. The Labute approximate surface area is 96.3 Å². The Kier molecular flexibility index (Phi) is 11.5. The number of carbonyl (C=O) groups is 1. The molecule has 0 bridgehead atoms. The SMILES string of the molecule is C/C=C/C(=O)OCCOCCOCCOC. The van der Waals surface area contributed by atoms with Crippen molar-refractivity contribution in [3.8, 4) is 0 Å². The van der Waals surface area contributed by atoms with Gasteiger partial charge in [-0.1, -0.05) is 6.08 Å². The molecule has 0 aromatic rings. The third-order valence-corrected chi connectivity index (χ3v) is 1.58. The van der Waals surface area contributed by atoms with E-state index in [0.29, 0.717) is 33.0 Å². The number of carbonyl (C=O) groups excluding carboxylic acids is 1. The van der Waals surface area contributed by atoms with E-state index in [-0.39, 0.29) is 12.6 Å². The highest BCUT2D eigenvalue weighted by molar-refractivity contribution is 5.81. The van der Waals surface area contributed by atoms with E-state index < -0.39 is 0 Å². The number of methoxy groups -OCH3 is 1. The van der Waals surface area contributed by atoms with Gasteiger partial charge < -0.3 is 18.9 Å². The van der Waals surface area contributed by atoms with Gasteiger partial charge in [-0.15, -0.1) is 0 Å². The summed E-state index contributed by atoms with van der Waals surface area (Å²) in [6, 6.07) is 0. The molecule has 5 nitrogen and oxygen atoms in total. The summed E-state index contributed by atoms with van der Waals surface area (Å²) in [7, 11) is 1.62. The molecule has 0 aromatic heterocycles. The molecule has 0 fully saturated rings. The third-order valence-electron chi connectivity index (χ3n) is 1.58. The first-order valence-corrected chi connectivity index (χ1v) is 5.25. The molecule has 0 atom stereocenters. The van der Waals surface area contributed by atoms with Crippen molar-refractivity contribution in [1.29, 1.82) is 0 Å². The summed E-state index contributed by atoms with van der Waals surface area (Å²) in [5, 5.41) is 0. The van der Waals surface area contributed by atoms with Crippen molar-refractivity contribution in [2.45, 2.75) is 6.92 Å². The van der Waals surface area contributed by atoms with E-state index in [0.717, 1.165) is 0 Å². The molecule has 16 heavy (non-hydrogen) atoms. The molecule has 0 N–H and O–H groups in total. The number of hydrogen-bond donors (Lipinski definition) is 0. The standard InChI is InChI=1S/C11H20O5/c1-3-4-11(12)16-10-9-15-8-7-14-6-5-13-2/h3-4H,5-10H2,1-2H3/b4-3+. The molecule has 0 spiro atoms. The molecule has 0 saturated carbocycles. The van der Waals surface area contributed by atoms with E-state index in [1.807, 2.05) is 0 Å². The summed E-state index contributed by atoms with van der Waals surface area (Å²) in [4.78, 5) is 10.8. The number of hydrogen-bond acceptors (Lipinski definition) is 5. The number of esters is 1. The van der Waals surface area contributed by atoms with Crippen LogP contribution < -0.4 is 0 Å². The van der Waals surface area contributed by atoms with Crippen LogP contribution >= 0.6 is 0 Å². The molecule has 0 aromatic carbocycles. The number of allylic oxidation sites excluding steroid dienone is 1. The van der Waals surface area contributed by atoms with Crippen LogP contribution in [0.3, 0.4) is 0 Å². The van der Waals surface area contributed by atoms with Crippen LogP contribution in [0.25, 0.3) is 0 Å². The van der Waals surface area contributed by atoms with Crippen LogP contribution in [0, 0.1) is 0 Å². The lowest BCUT2D eigenvalue weighted by molar-refractivity contribution is -0.139. The van der Waals surface area contributed by atoms with Crippen molar-refractivity contribution < 1.29 is 23.7 Å². The predicted octanol–water partition coefficient (Wildman–Crippen LogP) is 0.785. The van der Waals surface area contributed by atoms with Gasteiger partial charge in [0.05, 0.1) is 33.0 Å². The molecule has 0 aliphatic rings. The molecule has 0 unspecified atom stereocenters. The van der Waals surface area contributed by atoms with Crippen LogP contribution in [0.5, 0.6) is 0 Å². The minimum Gasteiger partial charge on any atom is -0.460 e. The van der Waals surface area contributed by atoms with E-state index in [4.69, 9.17) is 18.9 Å². The largest absolute Gasteiger partial charge is 0.460 e. The summed E-state index contributed by atoms with van der Waals surface area (Å²) >= 11 is 0. The Morgan fingerprint density at radius 3 is 2.12 bits per heavy atom. The van der Waals surface area contributed by atoms with Crippen LogP contribution in [0.4, 0.5) is 0 Å². The molecule has 0 aliphatic carbocycles. The first-order valence-electron chi connectivity index (χ1n) is 5.25. The molecule has 94 valence electrons. The van der Waals surface area contributed by atoms with Crippen molar-refractivity contribution in [1.82, 2.24) is 0 Å². The zero-order valence-corrected chi connectivity index (χ0v) is 9.94. The Bertz CT molecular complexity index is 191. The van der Waals surface area contributed by atoms with E-state index in [1.165, 1.54) is 6.08 Å². The van der Waals surface area contributed by atoms with E-state index in [2.05, 4.69) is 0 Å². The second kappa shape index (κ2) is 12.2. The van der Waals surface area contributed by atoms with Gasteiger partial charge in [-0.25, -0.2) is 4.79 Å². The summed E-state index contributed by atoms with van der Waals surface area (Å²) in [6.45, 7) is 4.57. The van der Waals surface area contributed by atoms with Gasteiger partial charge in [-0.2, -0.15) is 0 Å². The first-order chi connectivity index (χ1) is 7.81. The summed E-state index contributed by atoms with van der Waals surface area (Å²) in [6.07, 6.45) is 3.00. The lowest BCUT2D eigenvalue weighted by Gasteiger charge is -2.05. The highest BCUT2D eigenvalue weighted by Gasteiger charge is 1.95. The Morgan fingerprint density at radius 2 is 1.56 bits per heavy atom. The maximum absolute atomic E-state index is 10.8. The van der Waals surface area contributed by atoms with Crippen molar-refractivity contribution in [2.75, 3.05) is 46.8 Å². The monoisotopic (exact) mass is 232 g/mol. The van der Waals surface area contributed by atoms with Crippen LogP contribution in [-0.4, -0.2) is 52.7 Å². The van der Waals surface area contributed by atoms with E-state index >= 15 is 0 Å². The average Bonchev–Trinajstić information content (AvgIpc) is 2.27. The fourth-order valence-electron chi connectivity index (χ4n) is 0.850. The zero-order chi connectivity index (χ0) is 12.1. The van der Waals surface area contributed by atoms with Crippen LogP contribution in [0.1, 0.15) is 6.92 Å². The third kappa shape index (κ3) is 11.2. The van der Waals surface area contributed by atoms with Gasteiger partial charge in [-0.3, -0.25) is 0 Å². The summed E-state index contributed by atoms with van der Waals surface area (Å²) < 4.78 is 20.0. The lowest BCUT2D eigenvalue weighted by Crippen LogP contribution is -2.12. The van der Waals surface area contributed by atoms with Gasteiger partial charge in [0, 0.05) is 13.2 Å². The normalized spacial score (nSPS) is 10.9. The van der Waals surface area contributed by atoms with E-state index in [1.54, 1.807) is 20.1 Å². The van der Waals surface area contributed by atoms with Crippen LogP contribution in [0.15, 0.2) is 12.2 Å². The maximum atomic E-state index is 10.8. The molecule has 5 heteroatoms. The first kappa shape index (κ1) is 15.1. The number of rotatable bonds is 10. The topological polar surface area (TPSA) is 54.0 Å². The van der Waals surface area contributed by atoms with Crippen molar-refractivity contribution in [3.05, 3.63) is 12.2 Å². The highest BCUT2D eigenvalue weighted by atomic mass is 16.6. The molecule has 0 rings (SSSR count). The van der Waals surface area contributed by atoms with E-state index in [9.17, 15) is 4.79 Å². The molecule has 0 aliphatic heterocycles. The second-order valence-corrected chi connectivity index (χ2v) is 2.89. The average molecular weight is 232 g/mol. The van der Waals surface area contributed by atoms with Crippen molar-refractivity contribution in [3.63, 3.8) is 0 Å². The quantitative estimate of drug-likeness (QED) is 0.316. The second-order valence-electron chi connectivity index (χ2n) is 2.89. The van der Waals surface area contributed by atoms with Gasteiger partial charge in [0.1, 0.15) is 6.61 Å². The summed E-state index contributed by atoms with van der Waals surface area (Å²) in [5.74, 6) is -0.345. The van der Waals surface area contributed by atoms with Crippen LogP contribution in [0.2, 0.25) is 0 Å². The molecule has 0 heterocycles. The Balaban J connectivity index is 3.07. The highest BCUT2D eigenvalue weighted by Crippen LogP contribution is 1.84. The molecule has 0 radical (unpaired) electrons. The minimum absolute atomic E-state index is 0.265. The molecule has 0 saturated heterocycles. The van der Waals surface area contributed by atoms with Gasteiger partial charge >= 0.3 is 5.97 Å². The van der Waals surface area contributed by atoms with Crippen molar-refractivity contribution >= 4 is 5.97 Å². The van der Waals surface area contributed by atoms with Gasteiger partial charge in [0.2, 0.25) is 0 Å². The van der Waals surface area contributed by atoms with Crippen molar-refractivity contribution in [2.24, 2.45) is 0 Å². The fourth-order valence-corrected chi connectivity index (χ4v) is 0.850. The maximum Gasteiger partial charge on any atom is 0.330 e. The molecule has 0 amide bonds. The van der Waals surface area contributed by atoms with Crippen LogP contribution in [-0.2, 0) is 23.7 Å². The zero-order valence-electron chi connectivity index (χ0n) is 9.94. The van der Waals surface area contributed by atoms with Gasteiger partial charge in [-0.05, 0) is 6.92 Å². The van der Waals surface area contributed by atoms with Gasteiger partial charge in [0.15, 0.2) is 0 Å². The smallest absolute Gasteiger partial charge is 0.330 e. The van der Waals surface area contributed by atoms with Gasteiger partial charge in [0.25, 0.3) is 0 Å². The summed E-state index contributed by atoms with van der Waals surface area (Å²) in [5.41, 5.74) is 0. The molecular weight excluding hydrogens is 212 g/mol. The fraction of sp³-hybridized carbons (Fsp3) is 0.727. The predicted molar refractivity (Wildman–Crippen MR) is 59.3 cm³/mol. The number of ether oxygens (including phenoxy) is 4. The Hall–Kier alpha value is -0.910. The Morgan fingerprint density at radius 1 is 1.00 bits per heavy atom. The molecular formula is C11H20O5. The minimum atomic E-state index is -0.345.